The third kappa shape index (κ3) is 4.76. The van der Waals surface area contributed by atoms with Crippen molar-refractivity contribution in [3.8, 4) is 0 Å². The number of nitrogens with zero attached hydrogens (tertiary/aromatic N) is 3. The molecule has 9 heteroatoms. The van der Waals surface area contributed by atoms with Gasteiger partial charge in [-0.2, -0.15) is 0 Å². The number of amides is 3. The molecular weight excluding hydrogens is 463 g/mol. The molecule has 33 heavy (non-hydrogen) atoms. The third-order valence-electron chi connectivity index (χ3n) is 6.03. The van der Waals surface area contributed by atoms with Gasteiger partial charge in [0.05, 0.1) is 5.69 Å². The van der Waals surface area contributed by atoms with Gasteiger partial charge in [-0.1, -0.05) is 35.3 Å². The molecule has 1 fully saturated rings. The maximum absolute atomic E-state index is 13.1. The van der Waals surface area contributed by atoms with E-state index in [0.29, 0.717) is 22.0 Å². The number of anilines is 2. The molecule has 2 aliphatic rings. The largest absolute Gasteiger partial charge is 0.350 e. The molecule has 0 aromatic heterocycles. The smallest absolute Gasteiger partial charge is 0.283 e. The van der Waals surface area contributed by atoms with Gasteiger partial charge >= 0.3 is 0 Å². The van der Waals surface area contributed by atoms with Gasteiger partial charge in [0, 0.05) is 29.4 Å². The molecule has 7 nitrogen and oxygen atoms in total. The van der Waals surface area contributed by atoms with E-state index in [2.05, 4.69) is 17.3 Å². The highest BCUT2D eigenvalue weighted by atomic mass is 35.5. The third-order valence-corrected chi connectivity index (χ3v) is 6.61. The highest BCUT2D eigenvalue weighted by molar-refractivity contribution is 6.53. The van der Waals surface area contributed by atoms with Crippen LogP contribution in [0, 0.1) is 0 Å². The first kappa shape index (κ1) is 23.3. The zero-order chi connectivity index (χ0) is 23.7. The van der Waals surface area contributed by atoms with Gasteiger partial charge in [-0.25, -0.2) is 4.90 Å². The predicted molar refractivity (Wildman–Crippen MR) is 130 cm³/mol. The normalized spacial score (nSPS) is 17.6. The van der Waals surface area contributed by atoms with E-state index < -0.39 is 11.8 Å². The fraction of sp³-hybridized carbons (Fsp3) is 0.292. The van der Waals surface area contributed by atoms with Gasteiger partial charge in [-0.3, -0.25) is 14.4 Å². The van der Waals surface area contributed by atoms with E-state index in [1.54, 1.807) is 47.4 Å². The maximum Gasteiger partial charge on any atom is 0.283 e. The molecule has 1 saturated heterocycles. The Bertz CT molecular complexity index is 1140. The van der Waals surface area contributed by atoms with E-state index in [1.165, 1.54) is 6.07 Å². The SMILES string of the molecule is CN1CCC(N(C)C(=O)c2cccc(NC3=C(Cl)C(=O)N(c4cccc(Cl)c4)C3=O)c2)CC1. The van der Waals surface area contributed by atoms with E-state index in [9.17, 15) is 14.4 Å². The molecule has 0 bridgehead atoms. The van der Waals surface area contributed by atoms with Crippen LogP contribution >= 0.6 is 23.2 Å². The van der Waals surface area contributed by atoms with E-state index in [4.69, 9.17) is 23.2 Å². The lowest BCUT2D eigenvalue weighted by atomic mass is 10.0. The number of carbonyl (C=O) groups is 3. The summed E-state index contributed by atoms with van der Waals surface area (Å²) in [4.78, 5) is 43.7. The number of rotatable bonds is 5. The van der Waals surface area contributed by atoms with Crippen LogP contribution in [-0.4, -0.2) is 60.7 Å². The molecule has 0 radical (unpaired) electrons. The topological polar surface area (TPSA) is 73.0 Å². The number of halogens is 2. The standard InChI is InChI=1S/C24H24Cl2N4O3/c1-28-11-9-18(10-12-28)29(2)22(31)15-5-3-7-17(13-15)27-21-20(26)23(32)30(24(21)33)19-8-4-6-16(25)14-19/h3-8,13-14,18,27H,9-12H2,1-2H3. The number of benzene rings is 2. The van der Waals surface area contributed by atoms with E-state index in [-0.39, 0.29) is 22.7 Å². The highest BCUT2D eigenvalue weighted by Gasteiger charge is 2.39. The summed E-state index contributed by atoms with van der Waals surface area (Å²) >= 11 is 12.2. The van der Waals surface area contributed by atoms with Gasteiger partial charge in [0.1, 0.15) is 10.7 Å². The molecule has 172 valence electrons. The zero-order valence-electron chi connectivity index (χ0n) is 18.3. The van der Waals surface area contributed by atoms with Gasteiger partial charge in [-0.05, 0) is 69.4 Å². The summed E-state index contributed by atoms with van der Waals surface area (Å²) < 4.78 is 0. The molecule has 0 spiro atoms. The average Bonchev–Trinajstić information content (AvgIpc) is 3.02. The number of hydrogen-bond acceptors (Lipinski definition) is 5. The van der Waals surface area contributed by atoms with Crippen molar-refractivity contribution in [1.29, 1.82) is 0 Å². The van der Waals surface area contributed by atoms with Crippen LogP contribution in [0.15, 0.2) is 59.3 Å². The second kappa shape index (κ2) is 9.55. The summed E-state index contributed by atoms with van der Waals surface area (Å²) in [6, 6.07) is 13.4. The zero-order valence-corrected chi connectivity index (χ0v) is 19.9. The van der Waals surface area contributed by atoms with Crippen molar-refractivity contribution in [3.63, 3.8) is 0 Å². The van der Waals surface area contributed by atoms with Gasteiger partial charge in [0.2, 0.25) is 0 Å². The lowest BCUT2D eigenvalue weighted by Gasteiger charge is -2.35. The van der Waals surface area contributed by atoms with Crippen molar-refractivity contribution >= 4 is 52.3 Å². The van der Waals surface area contributed by atoms with Gasteiger partial charge in [-0.15, -0.1) is 0 Å². The number of carbonyl (C=O) groups excluding carboxylic acids is 3. The molecule has 2 heterocycles. The highest BCUT2D eigenvalue weighted by Crippen LogP contribution is 2.31. The first-order valence-electron chi connectivity index (χ1n) is 10.6. The number of piperidine rings is 1. The summed E-state index contributed by atoms with van der Waals surface area (Å²) in [6.45, 7) is 1.91. The summed E-state index contributed by atoms with van der Waals surface area (Å²) in [5.41, 5.74) is 1.26. The average molecular weight is 487 g/mol. The van der Waals surface area contributed by atoms with Crippen molar-refractivity contribution in [3.05, 3.63) is 69.8 Å². The van der Waals surface area contributed by atoms with E-state index in [1.807, 2.05) is 7.05 Å². The molecule has 2 aromatic carbocycles. The van der Waals surface area contributed by atoms with Crippen LogP contribution < -0.4 is 10.2 Å². The Labute approximate surface area is 202 Å². The molecule has 2 aliphatic heterocycles. The fourth-order valence-electron chi connectivity index (χ4n) is 4.09. The quantitative estimate of drug-likeness (QED) is 0.647. The van der Waals surface area contributed by atoms with Crippen LogP contribution in [0.4, 0.5) is 11.4 Å². The molecule has 0 saturated carbocycles. The minimum Gasteiger partial charge on any atom is -0.350 e. The maximum atomic E-state index is 13.1. The molecule has 1 N–H and O–H groups in total. The molecule has 0 unspecified atom stereocenters. The Morgan fingerprint density at radius 3 is 2.42 bits per heavy atom. The second-order valence-electron chi connectivity index (χ2n) is 8.27. The minimum atomic E-state index is -0.638. The van der Waals surface area contributed by atoms with Crippen LogP contribution in [0.1, 0.15) is 23.2 Å². The summed E-state index contributed by atoms with van der Waals surface area (Å²) in [5, 5.41) is 3.10. The second-order valence-corrected chi connectivity index (χ2v) is 9.09. The molecular formula is C24H24Cl2N4O3. The Kier molecular flexibility index (Phi) is 6.74. The minimum absolute atomic E-state index is 0.0464. The predicted octanol–water partition coefficient (Wildman–Crippen LogP) is 3.94. The first-order chi connectivity index (χ1) is 15.8. The molecule has 2 aromatic rings. The number of imide groups is 1. The van der Waals surface area contributed by atoms with Crippen LogP contribution in [0.2, 0.25) is 5.02 Å². The van der Waals surface area contributed by atoms with Crippen LogP contribution in [0.3, 0.4) is 0 Å². The number of nitrogens with one attached hydrogen (secondary N) is 1. The van der Waals surface area contributed by atoms with E-state index in [0.717, 1.165) is 30.8 Å². The van der Waals surface area contributed by atoms with Crippen molar-refractivity contribution in [2.75, 3.05) is 37.4 Å². The summed E-state index contributed by atoms with van der Waals surface area (Å²) in [6.07, 6.45) is 1.85. The van der Waals surface area contributed by atoms with Crippen LogP contribution in [0.5, 0.6) is 0 Å². The van der Waals surface area contributed by atoms with Crippen LogP contribution in [-0.2, 0) is 9.59 Å². The first-order valence-corrected chi connectivity index (χ1v) is 11.4. The van der Waals surface area contributed by atoms with E-state index >= 15 is 0 Å². The fourth-order valence-corrected chi connectivity index (χ4v) is 4.48. The van der Waals surface area contributed by atoms with Crippen molar-refractivity contribution < 1.29 is 14.4 Å². The Hall–Kier alpha value is -2.87. The molecule has 0 atom stereocenters. The Morgan fingerprint density at radius 2 is 1.73 bits per heavy atom. The summed E-state index contributed by atoms with van der Waals surface area (Å²) in [5.74, 6) is -1.32. The Morgan fingerprint density at radius 1 is 1.03 bits per heavy atom. The summed E-state index contributed by atoms with van der Waals surface area (Å²) in [7, 11) is 3.90. The van der Waals surface area contributed by atoms with Gasteiger partial charge < -0.3 is 15.1 Å². The van der Waals surface area contributed by atoms with Gasteiger partial charge in [0.15, 0.2) is 0 Å². The molecule has 4 rings (SSSR count). The number of hydrogen-bond donors (Lipinski definition) is 1. The lowest BCUT2D eigenvalue weighted by Crippen LogP contribution is -2.44. The molecule has 3 amide bonds. The number of likely N-dealkylation sites (tertiary alicyclic amines) is 1. The monoisotopic (exact) mass is 486 g/mol. The molecule has 0 aliphatic carbocycles. The van der Waals surface area contributed by atoms with Crippen LogP contribution in [0.25, 0.3) is 0 Å². The Balaban J connectivity index is 1.51. The lowest BCUT2D eigenvalue weighted by molar-refractivity contribution is -0.120. The van der Waals surface area contributed by atoms with Gasteiger partial charge in [0.25, 0.3) is 17.7 Å². The van der Waals surface area contributed by atoms with Crippen molar-refractivity contribution in [2.24, 2.45) is 0 Å². The van der Waals surface area contributed by atoms with Crippen molar-refractivity contribution in [1.82, 2.24) is 9.80 Å². The van der Waals surface area contributed by atoms with Crippen molar-refractivity contribution in [2.45, 2.75) is 18.9 Å².